The molecule has 0 radical (unpaired) electrons. The van der Waals surface area contributed by atoms with Crippen molar-refractivity contribution in [3.8, 4) is 0 Å². The van der Waals surface area contributed by atoms with Crippen LogP contribution in [0, 0.1) is 0 Å². The fourth-order valence-electron chi connectivity index (χ4n) is 0.714. The number of halogens is 1. The molecule has 10 heteroatoms. The largest absolute Gasteiger partial charge is 1.00 e. The third-order valence-electron chi connectivity index (χ3n) is 1.29. The fourth-order valence-corrected chi connectivity index (χ4v) is 0.714. The predicted molar refractivity (Wildman–Crippen MR) is 46.3 cm³/mol. The van der Waals surface area contributed by atoms with Gasteiger partial charge in [0.2, 0.25) is 0 Å². The molecule has 0 atom stereocenters. The molecule has 0 heterocycles. The van der Waals surface area contributed by atoms with Crippen LogP contribution in [0.15, 0.2) is 0 Å². The number of rotatable bonds is 5. The van der Waals surface area contributed by atoms with E-state index in [1.165, 1.54) is 0 Å². The molecule has 5 N–H and O–H groups in total. The molecule has 16 heavy (non-hydrogen) atoms. The first-order chi connectivity index (χ1) is 5.78. The maximum Gasteiger partial charge on any atom is 1.00 e. The summed E-state index contributed by atoms with van der Waals surface area (Å²) in [4.78, 5) is 30.5. The molecule has 0 spiro atoms. The number of aliphatic hydroxyl groups is 1. The van der Waals surface area contributed by atoms with E-state index in [2.05, 4.69) is 0 Å². The van der Waals surface area contributed by atoms with Crippen molar-refractivity contribution in [3.63, 3.8) is 0 Å². The topological polar surface area (TPSA) is 162 Å². The van der Waals surface area contributed by atoms with Crippen LogP contribution in [-0.2, 0) is 14.4 Å². The second-order valence-electron chi connectivity index (χ2n) is 2.48. The van der Waals surface area contributed by atoms with Gasteiger partial charge in [-0.3, -0.25) is 9.59 Å². The van der Waals surface area contributed by atoms with Crippen molar-refractivity contribution in [1.82, 2.24) is 0 Å². The summed E-state index contributed by atoms with van der Waals surface area (Å²) in [5, 5.41) is 33.8. The van der Waals surface area contributed by atoms with E-state index in [1.54, 1.807) is 0 Å². The first kappa shape index (κ1) is 24.7. The SMILES string of the molecule is Cl.O=C(O)CC(O)(CC(=O)O)C(=O)O.[Na+].[OH-]. The molecule has 0 bridgehead atoms. The minimum Gasteiger partial charge on any atom is -0.870 e. The molecule has 0 aliphatic carbocycles. The smallest absolute Gasteiger partial charge is 0.870 e. The fraction of sp³-hybridized carbons (Fsp3) is 0.500. The Balaban J connectivity index is -0.000000240. The Kier molecular flexibility index (Phi) is 15.2. The van der Waals surface area contributed by atoms with E-state index in [-0.39, 0.29) is 47.4 Å². The number of hydrogen-bond donors (Lipinski definition) is 4. The van der Waals surface area contributed by atoms with Gasteiger partial charge >= 0.3 is 47.5 Å². The Morgan fingerprint density at radius 3 is 1.31 bits per heavy atom. The molecule has 0 amide bonds. The first-order valence-corrected chi connectivity index (χ1v) is 3.17. The van der Waals surface area contributed by atoms with E-state index < -0.39 is 36.4 Å². The van der Waals surface area contributed by atoms with Gasteiger partial charge in [0, 0.05) is 0 Å². The van der Waals surface area contributed by atoms with Gasteiger partial charge in [-0.25, -0.2) is 4.79 Å². The van der Waals surface area contributed by atoms with Gasteiger partial charge in [0.05, 0.1) is 12.8 Å². The van der Waals surface area contributed by atoms with E-state index in [0.717, 1.165) is 0 Å². The molecular formula is C6H10ClNaO8. The van der Waals surface area contributed by atoms with Gasteiger partial charge < -0.3 is 25.9 Å². The summed E-state index contributed by atoms with van der Waals surface area (Å²) in [5.74, 6) is -5.02. The Bertz CT molecular complexity index is 239. The van der Waals surface area contributed by atoms with Gasteiger partial charge in [-0.2, -0.15) is 0 Å². The zero-order valence-electron chi connectivity index (χ0n) is 8.28. The number of carbonyl (C=O) groups is 3. The van der Waals surface area contributed by atoms with Crippen molar-refractivity contribution < 1.29 is 69.8 Å². The minimum atomic E-state index is -2.74. The summed E-state index contributed by atoms with van der Waals surface area (Å²) in [6.07, 6.45) is -2.29. The van der Waals surface area contributed by atoms with Crippen LogP contribution < -0.4 is 29.6 Å². The molecule has 90 valence electrons. The molecule has 0 aromatic carbocycles. The zero-order chi connectivity index (χ0) is 10.6. The van der Waals surface area contributed by atoms with Gasteiger partial charge in [0.25, 0.3) is 0 Å². The normalized spacial score (nSPS) is 8.81. The summed E-state index contributed by atoms with van der Waals surface area (Å²) in [6, 6.07) is 0. The molecule has 0 rings (SSSR count). The minimum absolute atomic E-state index is 0. The Morgan fingerprint density at radius 2 is 1.19 bits per heavy atom. The maximum absolute atomic E-state index is 10.3. The Hall–Kier alpha value is -0.380. The first-order valence-electron chi connectivity index (χ1n) is 3.17. The predicted octanol–water partition coefficient (Wildman–Crippen LogP) is -4.00. The van der Waals surface area contributed by atoms with E-state index in [9.17, 15) is 14.4 Å². The van der Waals surface area contributed by atoms with Gasteiger partial charge in [-0.05, 0) is 0 Å². The Labute approximate surface area is 118 Å². The summed E-state index contributed by atoms with van der Waals surface area (Å²) >= 11 is 0. The quantitative estimate of drug-likeness (QED) is 0.367. The van der Waals surface area contributed by atoms with Crippen molar-refractivity contribution in [1.29, 1.82) is 0 Å². The Morgan fingerprint density at radius 1 is 0.938 bits per heavy atom. The van der Waals surface area contributed by atoms with Gasteiger partial charge in [-0.1, -0.05) is 0 Å². The van der Waals surface area contributed by atoms with Crippen LogP contribution in [0.3, 0.4) is 0 Å². The number of aliphatic carboxylic acids is 3. The molecule has 0 unspecified atom stereocenters. The third kappa shape index (κ3) is 8.89. The monoisotopic (exact) mass is 268 g/mol. The summed E-state index contributed by atoms with van der Waals surface area (Å²) in [7, 11) is 0. The molecule has 0 saturated carbocycles. The molecule has 0 fully saturated rings. The molecule has 0 aromatic heterocycles. The maximum atomic E-state index is 10.3. The van der Waals surface area contributed by atoms with Crippen LogP contribution in [0.4, 0.5) is 0 Å². The molecule has 0 aliphatic rings. The van der Waals surface area contributed by atoms with Crippen LogP contribution >= 0.6 is 12.4 Å². The van der Waals surface area contributed by atoms with E-state index in [4.69, 9.17) is 20.4 Å². The van der Waals surface area contributed by atoms with Gasteiger partial charge in [0.1, 0.15) is 0 Å². The van der Waals surface area contributed by atoms with Crippen LogP contribution in [0.25, 0.3) is 0 Å². The molecule has 8 nitrogen and oxygen atoms in total. The van der Waals surface area contributed by atoms with Gasteiger partial charge in [-0.15, -0.1) is 12.4 Å². The molecule has 0 saturated heterocycles. The van der Waals surface area contributed by atoms with Crippen molar-refractivity contribution in [2.75, 3.05) is 0 Å². The van der Waals surface area contributed by atoms with Crippen molar-refractivity contribution in [2.45, 2.75) is 18.4 Å². The van der Waals surface area contributed by atoms with Crippen molar-refractivity contribution in [2.24, 2.45) is 0 Å². The zero-order valence-corrected chi connectivity index (χ0v) is 11.1. The van der Waals surface area contributed by atoms with Crippen molar-refractivity contribution in [3.05, 3.63) is 0 Å². The number of hydrogen-bond acceptors (Lipinski definition) is 5. The standard InChI is InChI=1S/C6H8O7.ClH.Na.H2O/c7-3(8)1-6(13,5(11)12)2-4(9)10;;;/h13H,1-2H2,(H,7,8)(H,9,10)(H,11,12);1H;;1H2/q;;+1;/p-1. The van der Waals surface area contributed by atoms with Crippen LogP contribution in [0.1, 0.15) is 12.8 Å². The van der Waals surface area contributed by atoms with E-state index in [0.29, 0.717) is 0 Å². The molecule has 0 aliphatic heterocycles. The van der Waals surface area contributed by atoms with E-state index in [1.807, 2.05) is 0 Å². The van der Waals surface area contributed by atoms with Gasteiger partial charge in [0.15, 0.2) is 5.60 Å². The van der Waals surface area contributed by atoms with Crippen LogP contribution in [0.5, 0.6) is 0 Å². The summed E-state index contributed by atoms with van der Waals surface area (Å²) < 4.78 is 0. The number of carboxylic acids is 3. The summed E-state index contributed by atoms with van der Waals surface area (Å²) in [5.41, 5.74) is -2.74. The second kappa shape index (κ2) is 9.82. The van der Waals surface area contributed by atoms with Crippen LogP contribution in [-0.4, -0.2) is 49.4 Å². The summed E-state index contributed by atoms with van der Waals surface area (Å²) in [6.45, 7) is 0. The number of carboxylic acid groups (broad SMARTS) is 3. The average molecular weight is 269 g/mol. The third-order valence-corrected chi connectivity index (χ3v) is 1.29. The average Bonchev–Trinajstić information content (AvgIpc) is 1.82. The van der Waals surface area contributed by atoms with E-state index >= 15 is 0 Å². The second-order valence-corrected chi connectivity index (χ2v) is 2.48. The molecular weight excluding hydrogens is 259 g/mol. The van der Waals surface area contributed by atoms with Crippen LogP contribution in [0.2, 0.25) is 0 Å². The molecule has 0 aromatic rings. The van der Waals surface area contributed by atoms with Crippen molar-refractivity contribution >= 4 is 30.3 Å².